The highest BCUT2D eigenvalue weighted by atomic mass is 35.5. The van der Waals surface area contributed by atoms with E-state index in [9.17, 15) is 18.0 Å². The minimum atomic E-state index is -5.08. The number of nitrogens with one attached hydrogen (secondary N) is 1. The molecule has 0 unspecified atom stereocenters. The maximum atomic E-state index is 15.1. The van der Waals surface area contributed by atoms with Crippen LogP contribution in [0.2, 0.25) is 5.02 Å². The molecule has 1 aliphatic carbocycles. The predicted octanol–water partition coefficient (Wildman–Crippen LogP) is 8.17. The van der Waals surface area contributed by atoms with Crippen molar-refractivity contribution in [1.29, 1.82) is 0 Å². The van der Waals surface area contributed by atoms with Crippen molar-refractivity contribution in [2.24, 2.45) is 0 Å². The van der Waals surface area contributed by atoms with E-state index in [1.165, 1.54) is 17.4 Å². The van der Waals surface area contributed by atoms with E-state index >= 15 is 4.39 Å². The summed E-state index contributed by atoms with van der Waals surface area (Å²) in [7, 11) is 1.98. The van der Waals surface area contributed by atoms with Crippen molar-refractivity contribution in [2.75, 3.05) is 7.05 Å². The lowest BCUT2D eigenvalue weighted by Gasteiger charge is -2.37. The molecule has 0 radical (unpaired) electrons. The lowest BCUT2D eigenvalue weighted by atomic mass is 9.89. The van der Waals surface area contributed by atoms with E-state index in [2.05, 4.69) is 5.32 Å². The third-order valence-corrected chi connectivity index (χ3v) is 8.94. The van der Waals surface area contributed by atoms with Crippen molar-refractivity contribution >= 4 is 44.9 Å². The van der Waals surface area contributed by atoms with Crippen LogP contribution in [0.15, 0.2) is 72.8 Å². The molecule has 1 aliphatic rings. The zero-order valence-corrected chi connectivity index (χ0v) is 24.2. The number of thiophene rings is 1. The average Bonchev–Trinajstić information content (AvgIpc) is 3.33. The topological polar surface area (TPSA) is 69.6 Å². The van der Waals surface area contributed by atoms with Crippen LogP contribution in [0, 0.1) is 5.82 Å². The SMILES string of the molecule is CNC1CCC(N(Cc2cc(-c3ccccc3)ccc2F)C(=O)c2sc3ccccc3c2Cl)CC1.O=C(O)C(F)(F)F. The summed E-state index contributed by atoms with van der Waals surface area (Å²) in [5, 5.41) is 11.9. The molecule has 1 aromatic heterocycles. The quantitative estimate of drug-likeness (QED) is 0.213. The highest BCUT2D eigenvalue weighted by Gasteiger charge is 2.38. The van der Waals surface area contributed by atoms with Crippen LogP contribution >= 0.6 is 22.9 Å². The van der Waals surface area contributed by atoms with Crippen LogP contribution in [0.3, 0.4) is 0 Å². The van der Waals surface area contributed by atoms with Gasteiger partial charge in [-0.25, -0.2) is 9.18 Å². The Hall–Kier alpha value is -3.47. The molecule has 1 fully saturated rings. The summed E-state index contributed by atoms with van der Waals surface area (Å²) in [6.45, 7) is 0.213. The van der Waals surface area contributed by atoms with Gasteiger partial charge in [0.15, 0.2) is 0 Å². The number of alkyl halides is 3. The Morgan fingerprint density at radius 2 is 1.60 bits per heavy atom. The highest BCUT2D eigenvalue weighted by Crippen LogP contribution is 2.38. The first kappa shape index (κ1) is 31.5. The van der Waals surface area contributed by atoms with E-state index < -0.39 is 12.1 Å². The maximum absolute atomic E-state index is 15.1. The van der Waals surface area contributed by atoms with E-state index in [1.54, 1.807) is 6.07 Å². The molecular weight excluding hydrogens is 592 g/mol. The number of aliphatic carboxylic acids is 1. The summed E-state index contributed by atoms with van der Waals surface area (Å²) < 4.78 is 47.8. The second-order valence-electron chi connectivity index (χ2n) is 9.94. The first-order valence-electron chi connectivity index (χ1n) is 13.3. The van der Waals surface area contributed by atoms with Crippen molar-refractivity contribution in [3.63, 3.8) is 0 Å². The number of hydrogen-bond donors (Lipinski definition) is 2. The maximum Gasteiger partial charge on any atom is 0.490 e. The van der Waals surface area contributed by atoms with Crippen LogP contribution < -0.4 is 5.32 Å². The molecule has 0 atom stereocenters. The minimum absolute atomic E-state index is 0.0353. The number of carboxylic acid groups (broad SMARTS) is 1. The summed E-state index contributed by atoms with van der Waals surface area (Å²) in [5.74, 6) is -3.17. The molecule has 1 heterocycles. The number of hydrogen-bond acceptors (Lipinski definition) is 4. The largest absolute Gasteiger partial charge is 0.490 e. The van der Waals surface area contributed by atoms with Gasteiger partial charge in [-0.3, -0.25) is 4.79 Å². The molecular formula is C31H29ClF4N2O3S. The number of carbonyl (C=O) groups excluding carboxylic acids is 1. The molecule has 3 aromatic carbocycles. The van der Waals surface area contributed by atoms with Gasteiger partial charge in [-0.1, -0.05) is 66.2 Å². The Kier molecular flexibility index (Phi) is 10.2. The zero-order chi connectivity index (χ0) is 30.4. The molecule has 5 rings (SSSR count). The molecule has 42 heavy (non-hydrogen) atoms. The lowest BCUT2D eigenvalue weighted by Crippen LogP contribution is -2.44. The van der Waals surface area contributed by atoms with Gasteiger partial charge in [0.05, 0.1) is 5.02 Å². The van der Waals surface area contributed by atoms with Crippen molar-refractivity contribution < 1.29 is 32.3 Å². The summed E-state index contributed by atoms with van der Waals surface area (Å²) in [5.41, 5.74) is 2.48. The monoisotopic (exact) mass is 620 g/mol. The molecule has 0 bridgehead atoms. The van der Waals surface area contributed by atoms with Gasteiger partial charge in [0.1, 0.15) is 10.7 Å². The van der Waals surface area contributed by atoms with Crippen LogP contribution in [0.25, 0.3) is 21.2 Å². The molecule has 11 heteroatoms. The summed E-state index contributed by atoms with van der Waals surface area (Å²) in [4.78, 5) is 25.3. The second-order valence-corrected chi connectivity index (χ2v) is 11.4. The lowest BCUT2D eigenvalue weighted by molar-refractivity contribution is -0.192. The van der Waals surface area contributed by atoms with E-state index in [1.807, 2.05) is 72.6 Å². The summed E-state index contributed by atoms with van der Waals surface area (Å²) in [6.07, 6.45) is -1.37. The Labute approximate surface area is 249 Å². The number of amides is 1. The van der Waals surface area contributed by atoms with Crippen LogP contribution in [0.4, 0.5) is 17.6 Å². The van der Waals surface area contributed by atoms with E-state index in [0.717, 1.165) is 46.9 Å². The third kappa shape index (κ3) is 7.48. The summed E-state index contributed by atoms with van der Waals surface area (Å²) in [6, 6.07) is 23.4. The second kappa shape index (κ2) is 13.7. The van der Waals surface area contributed by atoms with Crippen LogP contribution in [0.1, 0.15) is 40.9 Å². The van der Waals surface area contributed by atoms with Crippen molar-refractivity contribution in [3.05, 3.63) is 94.1 Å². The van der Waals surface area contributed by atoms with Gasteiger partial charge in [-0.15, -0.1) is 11.3 Å². The molecule has 0 aliphatic heterocycles. The first-order chi connectivity index (χ1) is 20.0. The fourth-order valence-corrected chi connectivity index (χ4v) is 6.48. The summed E-state index contributed by atoms with van der Waals surface area (Å²) >= 11 is 8.11. The number of fused-ring (bicyclic) bond motifs is 1. The molecule has 5 nitrogen and oxygen atoms in total. The Bertz CT molecular complexity index is 1540. The van der Waals surface area contributed by atoms with E-state index in [0.29, 0.717) is 21.5 Å². The molecule has 0 saturated heterocycles. The van der Waals surface area contributed by atoms with Gasteiger partial charge in [0.2, 0.25) is 0 Å². The molecule has 4 aromatic rings. The van der Waals surface area contributed by atoms with Crippen LogP contribution in [0.5, 0.6) is 0 Å². The number of carboxylic acids is 1. The van der Waals surface area contributed by atoms with E-state index in [-0.39, 0.29) is 24.3 Å². The Morgan fingerprint density at radius 3 is 2.19 bits per heavy atom. The zero-order valence-electron chi connectivity index (χ0n) is 22.6. The molecule has 0 spiro atoms. The van der Waals surface area contributed by atoms with Gasteiger partial charge in [-0.05, 0) is 62.1 Å². The first-order valence-corrected chi connectivity index (χ1v) is 14.5. The third-order valence-electron chi connectivity index (χ3n) is 7.27. The molecule has 1 amide bonds. The van der Waals surface area contributed by atoms with Gasteiger partial charge >= 0.3 is 12.1 Å². The van der Waals surface area contributed by atoms with Crippen LogP contribution in [-0.2, 0) is 11.3 Å². The number of benzene rings is 3. The Balaban J connectivity index is 0.000000517. The smallest absolute Gasteiger partial charge is 0.475 e. The predicted molar refractivity (Wildman–Crippen MR) is 157 cm³/mol. The number of carbonyl (C=O) groups is 2. The van der Waals surface area contributed by atoms with Gasteiger partial charge in [0, 0.05) is 34.3 Å². The van der Waals surface area contributed by atoms with Crippen molar-refractivity contribution in [3.8, 4) is 11.1 Å². The van der Waals surface area contributed by atoms with E-state index in [4.69, 9.17) is 21.5 Å². The molecule has 2 N–H and O–H groups in total. The van der Waals surface area contributed by atoms with Crippen molar-refractivity contribution in [2.45, 2.75) is 50.5 Å². The fourth-order valence-electron chi connectivity index (χ4n) is 5.01. The van der Waals surface area contributed by atoms with Crippen molar-refractivity contribution in [1.82, 2.24) is 10.2 Å². The molecule has 1 saturated carbocycles. The fraction of sp³-hybridized carbons (Fsp3) is 0.290. The van der Waals surface area contributed by atoms with Gasteiger partial charge in [0.25, 0.3) is 5.91 Å². The standard InChI is InChI=1S/C29H28ClFN2OS.C2HF3O2/c1-32-22-12-14-23(15-13-22)33(29(34)28-27(30)24-9-5-6-10-26(24)35-28)18-21-17-20(11-16-25(21)31)19-7-3-2-4-8-19;3-2(4,5)1(6)7/h2-11,16-17,22-23,32H,12-15,18H2,1H3;(H,6,7). The number of rotatable bonds is 6. The highest BCUT2D eigenvalue weighted by molar-refractivity contribution is 7.21. The Morgan fingerprint density at radius 1 is 0.976 bits per heavy atom. The van der Waals surface area contributed by atoms with Crippen LogP contribution in [-0.4, -0.2) is 47.2 Å². The normalized spacial score (nSPS) is 16.9. The average molecular weight is 621 g/mol. The molecule has 222 valence electrons. The van der Waals surface area contributed by atoms with Gasteiger partial charge in [-0.2, -0.15) is 13.2 Å². The van der Waals surface area contributed by atoms with Gasteiger partial charge < -0.3 is 15.3 Å². The number of halogens is 5. The minimum Gasteiger partial charge on any atom is -0.475 e. The number of nitrogens with zero attached hydrogens (tertiary/aromatic N) is 1.